The summed E-state index contributed by atoms with van der Waals surface area (Å²) in [5.41, 5.74) is 6.92. The van der Waals surface area contributed by atoms with Crippen LogP contribution in [-0.4, -0.2) is 13.7 Å². The van der Waals surface area contributed by atoms with Gasteiger partial charge in [-0.15, -0.1) is 0 Å². The van der Waals surface area contributed by atoms with Gasteiger partial charge in [0, 0.05) is 7.05 Å². The fourth-order valence-electron chi connectivity index (χ4n) is 1.49. The van der Waals surface area contributed by atoms with E-state index in [4.69, 9.17) is 0 Å². The molecule has 2 rings (SSSR count). The number of aryl methyl sites for hydroxylation is 1. The number of hydrogen-bond donors (Lipinski definition) is 2. The molecule has 0 unspecified atom stereocenters. The number of benzene rings is 1. The Labute approximate surface area is 72.4 Å². The van der Waals surface area contributed by atoms with Crippen LogP contribution in [0.1, 0.15) is 5.56 Å². The SMILES string of the molecule is Cc1cccc2c1NCNN2C. The number of nitrogens with one attached hydrogen (secondary N) is 2. The Bertz CT molecular complexity index is 296. The standard InChI is InChI=1S/C9H13N3/c1-7-4-3-5-8-9(7)10-6-11-12(8)2/h3-5,10-11H,6H2,1-2H3. The van der Waals surface area contributed by atoms with Crippen LogP contribution in [0.4, 0.5) is 11.4 Å². The Hall–Kier alpha value is -1.22. The number of para-hydroxylation sites is 1. The molecule has 1 aliphatic heterocycles. The van der Waals surface area contributed by atoms with E-state index in [-0.39, 0.29) is 0 Å². The quantitative estimate of drug-likeness (QED) is 0.604. The minimum absolute atomic E-state index is 0.800. The van der Waals surface area contributed by atoms with Gasteiger partial charge >= 0.3 is 0 Å². The first-order valence-corrected chi connectivity index (χ1v) is 4.10. The lowest BCUT2D eigenvalue weighted by Crippen LogP contribution is -2.42. The number of fused-ring (bicyclic) bond motifs is 1. The second kappa shape index (κ2) is 2.68. The molecule has 64 valence electrons. The molecule has 0 amide bonds. The molecule has 0 radical (unpaired) electrons. The number of anilines is 2. The lowest BCUT2D eigenvalue weighted by Gasteiger charge is -2.30. The number of nitrogens with zero attached hydrogens (tertiary/aromatic N) is 1. The van der Waals surface area contributed by atoms with Crippen molar-refractivity contribution in [1.29, 1.82) is 0 Å². The fraction of sp³-hybridized carbons (Fsp3) is 0.333. The van der Waals surface area contributed by atoms with E-state index >= 15 is 0 Å². The Morgan fingerprint density at radius 2 is 2.25 bits per heavy atom. The number of hydrazine groups is 1. The van der Waals surface area contributed by atoms with Gasteiger partial charge in [-0.3, -0.25) is 0 Å². The summed E-state index contributed by atoms with van der Waals surface area (Å²) >= 11 is 0. The lowest BCUT2D eigenvalue weighted by molar-refractivity contribution is 0.696. The predicted octanol–water partition coefficient (Wildman–Crippen LogP) is 1.32. The highest BCUT2D eigenvalue weighted by Crippen LogP contribution is 2.28. The molecule has 1 aliphatic rings. The molecule has 1 aromatic carbocycles. The smallest absolute Gasteiger partial charge is 0.0830 e. The zero-order chi connectivity index (χ0) is 8.55. The van der Waals surface area contributed by atoms with Gasteiger partial charge in [0.15, 0.2) is 0 Å². The first kappa shape index (κ1) is 7.43. The Morgan fingerprint density at radius 3 is 3.00 bits per heavy atom. The summed E-state index contributed by atoms with van der Waals surface area (Å²) in [6.07, 6.45) is 0. The Kier molecular flexibility index (Phi) is 1.66. The van der Waals surface area contributed by atoms with Gasteiger partial charge in [0.2, 0.25) is 0 Å². The summed E-state index contributed by atoms with van der Waals surface area (Å²) < 4.78 is 0. The highest BCUT2D eigenvalue weighted by Gasteiger charge is 2.12. The second-order valence-electron chi connectivity index (χ2n) is 3.04. The zero-order valence-electron chi connectivity index (χ0n) is 7.39. The third kappa shape index (κ3) is 1.02. The summed E-state index contributed by atoms with van der Waals surface area (Å²) in [4.78, 5) is 0. The van der Waals surface area contributed by atoms with Crippen LogP contribution in [0, 0.1) is 6.92 Å². The molecule has 2 N–H and O–H groups in total. The molecule has 0 atom stereocenters. The third-order valence-corrected chi connectivity index (χ3v) is 2.19. The van der Waals surface area contributed by atoms with Crippen molar-refractivity contribution >= 4 is 11.4 Å². The maximum absolute atomic E-state index is 3.31. The van der Waals surface area contributed by atoms with Crippen LogP contribution in [-0.2, 0) is 0 Å². The summed E-state index contributed by atoms with van der Waals surface area (Å²) in [5, 5.41) is 5.35. The summed E-state index contributed by atoms with van der Waals surface area (Å²) in [7, 11) is 2.03. The first-order chi connectivity index (χ1) is 5.79. The van der Waals surface area contributed by atoms with Crippen LogP contribution in [0.25, 0.3) is 0 Å². The van der Waals surface area contributed by atoms with Gasteiger partial charge < -0.3 is 10.3 Å². The van der Waals surface area contributed by atoms with Gasteiger partial charge in [0.25, 0.3) is 0 Å². The van der Waals surface area contributed by atoms with Crippen LogP contribution in [0.2, 0.25) is 0 Å². The van der Waals surface area contributed by atoms with Crippen LogP contribution in [0.5, 0.6) is 0 Å². The van der Waals surface area contributed by atoms with E-state index in [0.29, 0.717) is 0 Å². The molecule has 0 aromatic heterocycles. The first-order valence-electron chi connectivity index (χ1n) is 4.10. The Balaban J connectivity index is 2.52. The van der Waals surface area contributed by atoms with E-state index in [1.165, 1.54) is 16.9 Å². The van der Waals surface area contributed by atoms with Crippen molar-refractivity contribution in [3.8, 4) is 0 Å². The van der Waals surface area contributed by atoms with Gasteiger partial charge in [0.1, 0.15) is 0 Å². The van der Waals surface area contributed by atoms with E-state index in [1.807, 2.05) is 12.1 Å². The minimum Gasteiger partial charge on any atom is -0.369 e. The second-order valence-corrected chi connectivity index (χ2v) is 3.04. The maximum atomic E-state index is 3.31. The van der Waals surface area contributed by atoms with Crippen molar-refractivity contribution in [2.45, 2.75) is 6.92 Å². The molecule has 0 fully saturated rings. The van der Waals surface area contributed by atoms with E-state index < -0.39 is 0 Å². The Morgan fingerprint density at radius 1 is 1.42 bits per heavy atom. The summed E-state index contributed by atoms with van der Waals surface area (Å²) in [5.74, 6) is 0. The summed E-state index contributed by atoms with van der Waals surface area (Å²) in [6.45, 7) is 2.92. The van der Waals surface area contributed by atoms with E-state index in [2.05, 4.69) is 35.9 Å². The van der Waals surface area contributed by atoms with Gasteiger partial charge in [-0.05, 0) is 18.6 Å². The molecule has 0 aliphatic carbocycles. The average molecular weight is 163 g/mol. The molecular formula is C9H13N3. The lowest BCUT2D eigenvalue weighted by atomic mass is 10.1. The maximum Gasteiger partial charge on any atom is 0.0830 e. The fourth-order valence-corrected chi connectivity index (χ4v) is 1.49. The molecular weight excluding hydrogens is 150 g/mol. The van der Waals surface area contributed by atoms with E-state index in [1.54, 1.807) is 0 Å². The molecule has 0 saturated carbocycles. The molecule has 12 heavy (non-hydrogen) atoms. The normalized spacial score (nSPS) is 15.3. The largest absolute Gasteiger partial charge is 0.369 e. The van der Waals surface area contributed by atoms with E-state index in [0.717, 1.165) is 6.67 Å². The topological polar surface area (TPSA) is 27.3 Å². The molecule has 0 spiro atoms. The molecule has 3 heteroatoms. The highest BCUT2D eigenvalue weighted by atomic mass is 15.5. The van der Waals surface area contributed by atoms with E-state index in [9.17, 15) is 0 Å². The average Bonchev–Trinajstić information content (AvgIpc) is 2.07. The molecule has 1 heterocycles. The predicted molar refractivity (Wildman–Crippen MR) is 51.2 cm³/mol. The number of rotatable bonds is 0. The van der Waals surface area contributed by atoms with Gasteiger partial charge in [0.05, 0.1) is 18.0 Å². The van der Waals surface area contributed by atoms with Crippen LogP contribution in [0.15, 0.2) is 18.2 Å². The molecule has 0 bridgehead atoms. The van der Waals surface area contributed by atoms with Gasteiger partial charge in [-0.2, -0.15) is 0 Å². The van der Waals surface area contributed by atoms with Crippen molar-refractivity contribution in [3.05, 3.63) is 23.8 Å². The van der Waals surface area contributed by atoms with Crippen LogP contribution >= 0.6 is 0 Å². The summed E-state index contributed by atoms with van der Waals surface area (Å²) in [6, 6.07) is 6.28. The van der Waals surface area contributed by atoms with Gasteiger partial charge in [-0.1, -0.05) is 12.1 Å². The van der Waals surface area contributed by atoms with Crippen molar-refractivity contribution in [2.75, 3.05) is 24.0 Å². The molecule has 0 saturated heterocycles. The van der Waals surface area contributed by atoms with Crippen molar-refractivity contribution in [3.63, 3.8) is 0 Å². The monoisotopic (exact) mass is 163 g/mol. The van der Waals surface area contributed by atoms with Gasteiger partial charge in [-0.25, -0.2) is 5.43 Å². The molecule has 3 nitrogen and oxygen atoms in total. The minimum atomic E-state index is 0.800. The molecule has 1 aromatic rings. The third-order valence-electron chi connectivity index (χ3n) is 2.19. The van der Waals surface area contributed by atoms with Crippen molar-refractivity contribution < 1.29 is 0 Å². The van der Waals surface area contributed by atoms with Crippen molar-refractivity contribution in [2.24, 2.45) is 0 Å². The zero-order valence-corrected chi connectivity index (χ0v) is 7.39. The van der Waals surface area contributed by atoms with Crippen LogP contribution < -0.4 is 15.8 Å². The highest BCUT2D eigenvalue weighted by molar-refractivity contribution is 5.74. The number of hydrogen-bond acceptors (Lipinski definition) is 3. The van der Waals surface area contributed by atoms with Crippen LogP contribution in [0.3, 0.4) is 0 Å². The van der Waals surface area contributed by atoms with Crippen molar-refractivity contribution in [1.82, 2.24) is 5.43 Å².